The van der Waals surface area contributed by atoms with Gasteiger partial charge in [0.05, 0.1) is 12.3 Å². The molecule has 6 heteroatoms. The Morgan fingerprint density at radius 3 is 2.88 bits per heavy atom. The van der Waals surface area contributed by atoms with Gasteiger partial charge in [0.15, 0.2) is 0 Å². The molecule has 0 aliphatic carbocycles. The fraction of sp³-hybridized carbons (Fsp3) is 0.350. The average molecular weight is 373 g/mol. The predicted octanol–water partition coefficient (Wildman–Crippen LogP) is 3.54. The van der Waals surface area contributed by atoms with E-state index in [1.54, 1.807) is 24.5 Å². The zero-order chi connectivity index (χ0) is 18.7. The number of hydrogen-bond donors (Lipinski definition) is 1. The number of rotatable bonds is 6. The lowest BCUT2D eigenvalue weighted by Crippen LogP contribution is -2.13. The molecule has 2 atom stereocenters. The van der Waals surface area contributed by atoms with Crippen molar-refractivity contribution in [1.82, 2.24) is 0 Å². The molecule has 2 aromatic rings. The topological polar surface area (TPSA) is 64.6 Å². The molecular formula is C20H23NO4S. The maximum Gasteiger partial charge on any atom is 0.255 e. The average Bonchev–Trinajstić information content (AvgIpc) is 2.94. The van der Waals surface area contributed by atoms with Gasteiger partial charge in [-0.05, 0) is 37.6 Å². The summed E-state index contributed by atoms with van der Waals surface area (Å²) in [5.41, 5.74) is 3.07. The van der Waals surface area contributed by atoms with E-state index in [1.807, 2.05) is 32.0 Å². The van der Waals surface area contributed by atoms with Crippen LogP contribution in [0.5, 0.6) is 11.5 Å². The van der Waals surface area contributed by atoms with Crippen LogP contribution in [0.4, 0.5) is 5.69 Å². The van der Waals surface area contributed by atoms with Crippen LogP contribution in [0.25, 0.3) is 0 Å². The highest BCUT2D eigenvalue weighted by Crippen LogP contribution is 2.38. The molecule has 3 rings (SSSR count). The first kappa shape index (κ1) is 18.5. The van der Waals surface area contributed by atoms with Crippen molar-refractivity contribution < 1.29 is 18.5 Å². The minimum absolute atomic E-state index is 0.122. The summed E-state index contributed by atoms with van der Waals surface area (Å²) in [6.45, 7) is 4.43. The maximum absolute atomic E-state index is 12.7. The molecule has 0 fully saturated rings. The highest BCUT2D eigenvalue weighted by molar-refractivity contribution is 7.83. The number of nitrogens with one attached hydrogen (secondary N) is 1. The summed E-state index contributed by atoms with van der Waals surface area (Å²) in [5.74, 6) is 1.62. The second kappa shape index (κ2) is 7.91. The summed E-state index contributed by atoms with van der Waals surface area (Å²) >= 11 is 0. The number of carbonyl (C=O) groups excluding carboxylic acids is 1. The molecule has 0 radical (unpaired) electrons. The maximum atomic E-state index is 12.7. The van der Waals surface area contributed by atoms with Crippen molar-refractivity contribution in [3.63, 3.8) is 0 Å². The van der Waals surface area contributed by atoms with Crippen molar-refractivity contribution in [2.75, 3.05) is 18.2 Å². The second-order valence-electron chi connectivity index (χ2n) is 6.39. The lowest BCUT2D eigenvalue weighted by atomic mass is 10.1. The summed E-state index contributed by atoms with van der Waals surface area (Å²) in [7, 11) is -0.954. The van der Waals surface area contributed by atoms with Crippen molar-refractivity contribution in [1.29, 1.82) is 0 Å². The van der Waals surface area contributed by atoms with E-state index in [0.717, 1.165) is 23.3 Å². The Balaban J connectivity index is 1.85. The van der Waals surface area contributed by atoms with Gasteiger partial charge < -0.3 is 14.8 Å². The van der Waals surface area contributed by atoms with Crippen LogP contribution < -0.4 is 14.8 Å². The molecule has 1 N–H and O–H groups in total. The van der Waals surface area contributed by atoms with E-state index in [-0.39, 0.29) is 12.0 Å². The SMILES string of the molecule is CCOc1cc2c(cc1NC(=O)c1cccc(CS(C)=O)c1)OC(C)C2. The van der Waals surface area contributed by atoms with Crippen molar-refractivity contribution in [2.45, 2.75) is 32.1 Å². The van der Waals surface area contributed by atoms with Crippen LogP contribution in [-0.4, -0.2) is 29.1 Å². The Hall–Kier alpha value is -2.34. The number of ether oxygens (including phenoxy) is 2. The van der Waals surface area contributed by atoms with Gasteiger partial charge in [0.1, 0.15) is 17.6 Å². The zero-order valence-electron chi connectivity index (χ0n) is 15.2. The first-order valence-electron chi connectivity index (χ1n) is 8.63. The van der Waals surface area contributed by atoms with Gasteiger partial charge in [-0.15, -0.1) is 0 Å². The highest BCUT2D eigenvalue weighted by Gasteiger charge is 2.22. The van der Waals surface area contributed by atoms with Crippen LogP contribution >= 0.6 is 0 Å². The molecule has 138 valence electrons. The van der Waals surface area contributed by atoms with E-state index in [4.69, 9.17) is 9.47 Å². The fourth-order valence-electron chi connectivity index (χ4n) is 3.04. The van der Waals surface area contributed by atoms with E-state index in [2.05, 4.69) is 5.32 Å². The van der Waals surface area contributed by atoms with Crippen LogP contribution in [-0.2, 0) is 23.0 Å². The Bertz CT molecular complexity index is 850. The Morgan fingerprint density at radius 1 is 1.35 bits per heavy atom. The van der Waals surface area contributed by atoms with Crippen LogP contribution in [0.2, 0.25) is 0 Å². The van der Waals surface area contributed by atoms with Crippen LogP contribution in [0.3, 0.4) is 0 Å². The summed E-state index contributed by atoms with van der Waals surface area (Å²) < 4.78 is 22.9. The quantitative estimate of drug-likeness (QED) is 0.841. The van der Waals surface area contributed by atoms with Crippen molar-refractivity contribution in [2.24, 2.45) is 0 Å². The molecule has 1 heterocycles. The van der Waals surface area contributed by atoms with Crippen LogP contribution in [0.15, 0.2) is 36.4 Å². The van der Waals surface area contributed by atoms with E-state index in [9.17, 15) is 9.00 Å². The number of amides is 1. The van der Waals surface area contributed by atoms with Crippen molar-refractivity contribution >= 4 is 22.4 Å². The first-order chi connectivity index (χ1) is 12.5. The van der Waals surface area contributed by atoms with Crippen LogP contribution in [0, 0.1) is 0 Å². The smallest absolute Gasteiger partial charge is 0.255 e. The third-order valence-electron chi connectivity index (χ3n) is 4.11. The number of benzene rings is 2. The van der Waals surface area contributed by atoms with Gasteiger partial charge in [-0.3, -0.25) is 9.00 Å². The van der Waals surface area contributed by atoms with Crippen molar-refractivity contribution in [3.8, 4) is 11.5 Å². The summed E-state index contributed by atoms with van der Waals surface area (Å²) in [4.78, 5) is 12.7. The number of fused-ring (bicyclic) bond motifs is 1. The molecular weight excluding hydrogens is 350 g/mol. The van der Waals surface area contributed by atoms with Gasteiger partial charge in [-0.25, -0.2) is 0 Å². The molecule has 0 aromatic heterocycles. The summed E-state index contributed by atoms with van der Waals surface area (Å²) in [6.07, 6.45) is 2.60. The molecule has 1 aliphatic rings. The molecule has 1 aliphatic heterocycles. The number of carbonyl (C=O) groups is 1. The third kappa shape index (κ3) is 4.25. The number of hydrogen-bond acceptors (Lipinski definition) is 4. The molecule has 0 saturated heterocycles. The molecule has 2 aromatic carbocycles. The van der Waals surface area contributed by atoms with Gasteiger partial charge in [0.25, 0.3) is 5.91 Å². The molecule has 2 unspecified atom stereocenters. The van der Waals surface area contributed by atoms with Gasteiger partial charge in [0.2, 0.25) is 0 Å². The molecule has 5 nitrogen and oxygen atoms in total. The monoisotopic (exact) mass is 373 g/mol. The standard InChI is InChI=1S/C20H23NO4S/c1-4-24-19-10-16-8-13(2)25-18(16)11-17(19)21-20(22)15-7-5-6-14(9-15)12-26(3)23/h5-7,9-11,13H,4,8,12H2,1-3H3,(H,21,22). The van der Waals surface area contributed by atoms with Gasteiger partial charge in [0, 0.05) is 46.4 Å². The van der Waals surface area contributed by atoms with E-state index in [0.29, 0.717) is 29.4 Å². The lowest BCUT2D eigenvalue weighted by molar-refractivity contribution is 0.102. The van der Waals surface area contributed by atoms with Gasteiger partial charge in [-0.1, -0.05) is 12.1 Å². The molecule has 0 bridgehead atoms. The zero-order valence-corrected chi connectivity index (χ0v) is 16.0. The lowest BCUT2D eigenvalue weighted by Gasteiger charge is -2.14. The highest BCUT2D eigenvalue weighted by atomic mass is 32.2. The molecule has 1 amide bonds. The fourth-order valence-corrected chi connectivity index (χ4v) is 3.69. The summed E-state index contributed by atoms with van der Waals surface area (Å²) in [6, 6.07) is 10.9. The Kier molecular flexibility index (Phi) is 5.61. The third-order valence-corrected chi connectivity index (χ3v) is 4.85. The normalized spacial score (nSPS) is 16.5. The minimum atomic E-state index is -0.954. The molecule has 0 saturated carbocycles. The Labute approximate surface area is 156 Å². The predicted molar refractivity (Wildman–Crippen MR) is 104 cm³/mol. The molecule has 0 spiro atoms. The largest absolute Gasteiger partial charge is 0.492 e. The molecule has 26 heavy (non-hydrogen) atoms. The summed E-state index contributed by atoms with van der Waals surface area (Å²) in [5, 5.41) is 2.92. The van der Waals surface area contributed by atoms with E-state index < -0.39 is 10.8 Å². The van der Waals surface area contributed by atoms with Gasteiger partial charge >= 0.3 is 0 Å². The Morgan fingerprint density at radius 2 is 2.15 bits per heavy atom. The van der Waals surface area contributed by atoms with Crippen molar-refractivity contribution in [3.05, 3.63) is 53.1 Å². The second-order valence-corrected chi connectivity index (χ2v) is 7.83. The van der Waals surface area contributed by atoms with E-state index in [1.165, 1.54) is 0 Å². The van der Waals surface area contributed by atoms with E-state index >= 15 is 0 Å². The number of anilines is 1. The first-order valence-corrected chi connectivity index (χ1v) is 10.4. The van der Waals surface area contributed by atoms with Crippen LogP contribution in [0.1, 0.15) is 35.3 Å². The minimum Gasteiger partial charge on any atom is -0.492 e. The van der Waals surface area contributed by atoms with Gasteiger partial charge in [-0.2, -0.15) is 0 Å².